The Bertz CT molecular complexity index is 1270. The molecule has 5 N–H and O–H groups in total. The molecule has 0 aliphatic rings. The maximum absolute atomic E-state index is 12.0. The molecule has 0 radical (unpaired) electrons. The van der Waals surface area contributed by atoms with Crippen molar-refractivity contribution < 1.29 is 4.79 Å². The molecule has 1 amide bonds. The number of anilines is 2. The summed E-state index contributed by atoms with van der Waals surface area (Å²) in [6.45, 7) is 0.617. The van der Waals surface area contributed by atoms with Gasteiger partial charge in [0, 0.05) is 24.6 Å². The summed E-state index contributed by atoms with van der Waals surface area (Å²) in [4.78, 5) is 24.7. The molecule has 166 valence electrons. The molecule has 0 aliphatic heterocycles. The number of amides is 1. The smallest absolute Gasteiger partial charge is 0.222 e. The number of hydrogen-bond donors (Lipinski definition) is 3. The molecule has 0 aliphatic carbocycles. The summed E-state index contributed by atoms with van der Waals surface area (Å²) in [7, 11) is 0. The predicted octanol–water partition coefficient (Wildman–Crippen LogP) is 3.84. The van der Waals surface area contributed by atoms with Crippen molar-refractivity contribution in [2.45, 2.75) is 19.3 Å². The Morgan fingerprint density at radius 1 is 0.909 bits per heavy atom. The number of carbonyl (C=O) groups is 1. The Kier molecular flexibility index (Phi) is 6.90. The normalized spacial score (nSPS) is 11.2. The summed E-state index contributed by atoms with van der Waals surface area (Å²) in [5, 5.41) is 3.71. The fourth-order valence-corrected chi connectivity index (χ4v) is 3.50. The lowest BCUT2D eigenvalue weighted by molar-refractivity contribution is -0.121. The molecule has 7 nitrogen and oxygen atoms in total. The van der Waals surface area contributed by atoms with Crippen molar-refractivity contribution in [1.29, 1.82) is 0 Å². The maximum Gasteiger partial charge on any atom is 0.222 e. The van der Waals surface area contributed by atoms with Gasteiger partial charge < -0.3 is 16.8 Å². The van der Waals surface area contributed by atoms with Gasteiger partial charge >= 0.3 is 0 Å². The summed E-state index contributed by atoms with van der Waals surface area (Å²) in [6.07, 6.45) is 3.83. The molecule has 0 saturated heterocycles. The zero-order chi connectivity index (χ0) is 23.0. The van der Waals surface area contributed by atoms with Crippen LogP contribution >= 0.6 is 0 Å². The Balaban J connectivity index is 1.27. The second-order valence-corrected chi connectivity index (χ2v) is 7.75. The topological polar surface area (TPSA) is 119 Å². The monoisotopic (exact) mass is 438 g/mol. The second kappa shape index (κ2) is 10.4. The first-order valence-corrected chi connectivity index (χ1v) is 10.8. The molecule has 0 bridgehead atoms. The number of nitrogens with zero attached hydrogens (tertiary/aromatic N) is 3. The van der Waals surface area contributed by atoms with Gasteiger partial charge in [0.25, 0.3) is 0 Å². The molecule has 7 heteroatoms. The van der Waals surface area contributed by atoms with E-state index >= 15 is 0 Å². The van der Waals surface area contributed by atoms with Crippen LogP contribution in [0.1, 0.15) is 23.1 Å². The first-order chi connectivity index (χ1) is 16.1. The number of aryl methyl sites for hydroxylation is 1. The fraction of sp³-hybridized carbons (Fsp3) is 0.154. The van der Waals surface area contributed by atoms with E-state index in [-0.39, 0.29) is 11.9 Å². The van der Waals surface area contributed by atoms with Gasteiger partial charge in [0.2, 0.25) is 11.9 Å². The van der Waals surface area contributed by atoms with Crippen LogP contribution in [0.4, 0.5) is 17.5 Å². The number of aliphatic imine (C=N–C) groups is 1. The molecule has 0 fully saturated rings. The highest BCUT2D eigenvalue weighted by atomic mass is 16.1. The van der Waals surface area contributed by atoms with Crippen LogP contribution in [0.5, 0.6) is 0 Å². The highest BCUT2D eigenvalue weighted by Gasteiger charge is 2.04. The van der Waals surface area contributed by atoms with Crippen molar-refractivity contribution in [2.75, 3.05) is 18.0 Å². The van der Waals surface area contributed by atoms with Crippen LogP contribution in [0, 0.1) is 0 Å². The van der Waals surface area contributed by atoms with Crippen molar-refractivity contribution in [2.24, 2.45) is 4.99 Å². The summed E-state index contributed by atoms with van der Waals surface area (Å²) < 4.78 is 0. The highest BCUT2D eigenvalue weighted by Crippen LogP contribution is 2.24. The van der Waals surface area contributed by atoms with E-state index in [1.165, 1.54) is 5.56 Å². The third-order valence-corrected chi connectivity index (χ3v) is 5.29. The van der Waals surface area contributed by atoms with Crippen LogP contribution in [-0.4, -0.2) is 28.6 Å². The Labute approximate surface area is 192 Å². The minimum Gasteiger partial charge on any atom is -0.383 e. The average molecular weight is 439 g/mol. The second-order valence-electron chi connectivity index (χ2n) is 7.75. The lowest BCUT2D eigenvalue weighted by Crippen LogP contribution is -2.25. The predicted molar refractivity (Wildman–Crippen MR) is 134 cm³/mol. The number of nitrogen functional groups attached to an aromatic ring is 2. The van der Waals surface area contributed by atoms with Crippen molar-refractivity contribution in [3.8, 4) is 0 Å². The number of nitrogens with one attached hydrogen (secondary N) is 1. The number of nitrogens with two attached hydrogens (primary N) is 2. The minimum atomic E-state index is 0.0757. The zero-order valence-corrected chi connectivity index (χ0v) is 18.2. The van der Waals surface area contributed by atoms with Crippen molar-refractivity contribution in [3.05, 3.63) is 89.5 Å². The molecule has 0 atom stereocenters. The van der Waals surface area contributed by atoms with Gasteiger partial charge in [-0.3, -0.25) is 9.79 Å². The summed E-state index contributed by atoms with van der Waals surface area (Å²) in [6, 6.07) is 23.7. The van der Waals surface area contributed by atoms with Crippen LogP contribution in [0.2, 0.25) is 0 Å². The van der Waals surface area contributed by atoms with Gasteiger partial charge in [-0.25, -0.2) is 4.98 Å². The van der Waals surface area contributed by atoms with Crippen LogP contribution < -0.4 is 16.8 Å². The lowest BCUT2D eigenvalue weighted by Gasteiger charge is -2.06. The van der Waals surface area contributed by atoms with Gasteiger partial charge in [0.15, 0.2) is 0 Å². The van der Waals surface area contributed by atoms with Gasteiger partial charge in [-0.15, -0.1) is 0 Å². The van der Waals surface area contributed by atoms with E-state index in [4.69, 9.17) is 11.5 Å². The van der Waals surface area contributed by atoms with E-state index < -0.39 is 0 Å². The number of hydrogen-bond acceptors (Lipinski definition) is 6. The third-order valence-electron chi connectivity index (χ3n) is 5.29. The number of benzene rings is 3. The molecular weight excluding hydrogens is 412 g/mol. The molecule has 33 heavy (non-hydrogen) atoms. The molecule has 0 saturated carbocycles. The summed E-state index contributed by atoms with van der Waals surface area (Å²) in [5.74, 6) is 0.570. The van der Waals surface area contributed by atoms with Crippen molar-refractivity contribution in [1.82, 2.24) is 15.3 Å². The number of rotatable bonds is 8. The Hall–Kier alpha value is -4.26. The molecule has 1 aromatic heterocycles. The van der Waals surface area contributed by atoms with E-state index in [2.05, 4.69) is 20.3 Å². The van der Waals surface area contributed by atoms with E-state index in [1.807, 2.05) is 72.8 Å². The average Bonchev–Trinajstić information content (AvgIpc) is 2.83. The van der Waals surface area contributed by atoms with Gasteiger partial charge in [-0.2, -0.15) is 4.98 Å². The zero-order valence-electron chi connectivity index (χ0n) is 18.2. The molecule has 4 rings (SSSR count). The van der Waals surface area contributed by atoms with E-state index in [0.29, 0.717) is 24.3 Å². The van der Waals surface area contributed by atoms with Crippen LogP contribution in [-0.2, 0) is 17.6 Å². The standard InChI is InChI=1S/C26H26N6O/c27-25-22-16-21(11-12-23(22)31-26(28)32-25)30-17-20-8-6-19(7-9-20)14-15-29-24(33)13-10-18-4-2-1-3-5-18/h1-9,11-12,16-17H,10,13-15H2,(H,29,33)(H4,27,28,31,32). The maximum atomic E-state index is 12.0. The van der Waals surface area contributed by atoms with Gasteiger partial charge in [-0.05, 0) is 47.7 Å². The first kappa shape index (κ1) is 22.0. The minimum absolute atomic E-state index is 0.0757. The summed E-state index contributed by atoms with van der Waals surface area (Å²) in [5.41, 5.74) is 16.3. The largest absolute Gasteiger partial charge is 0.383 e. The van der Waals surface area contributed by atoms with Gasteiger partial charge in [0.05, 0.1) is 11.2 Å². The van der Waals surface area contributed by atoms with Gasteiger partial charge in [-0.1, -0.05) is 54.6 Å². The molecule has 4 aromatic rings. The van der Waals surface area contributed by atoms with Crippen LogP contribution in [0.3, 0.4) is 0 Å². The highest BCUT2D eigenvalue weighted by molar-refractivity contribution is 5.92. The van der Waals surface area contributed by atoms with Crippen LogP contribution in [0.25, 0.3) is 10.9 Å². The van der Waals surface area contributed by atoms with Crippen LogP contribution in [0.15, 0.2) is 77.8 Å². The number of fused-ring (bicyclic) bond motifs is 1. The van der Waals surface area contributed by atoms with E-state index in [1.54, 1.807) is 6.21 Å². The fourth-order valence-electron chi connectivity index (χ4n) is 3.50. The van der Waals surface area contributed by atoms with E-state index in [9.17, 15) is 4.79 Å². The Morgan fingerprint density at radius 2 is 1.67 bits per heavy atom. The molecular formula is C26H26N6O. The van der Waals surface area contributed by atoms with Gasteiger partial charge in [0.1, 0.15) is 5.82 Å². The molecule has 1 heterocycles. The summed E-state index contributed by atoms with van der Waals surface area (Å²) >= 11 is 0. The quantitative estimate of drug-likeness (QED) is 0.361. The number of aromatic nitrogens is 2. The lowest BCUT2D eigenvalue weighted by atomic mass is 10.1. The van der Waals surface area contributed by atoms with Crippen molar-refractivity contribution in [3.63, 3.8) is 0 Å². The van der Waals surface area contributed by atoms with Crippen molar-refractivity contribution >= 4 is 40.5 Å². The Morgan fingerprint density at radius 3 is 2.45 bits per heavy atom. The SMILES string of the molecule is Nc1nc(N)c2cc(N=Cc3ccc(CCNC(=O)CCc4ccccc4)cc3)ccc2n1. The number of carbonyl (C=O) groups excluding carboxylic acids is 1. The molecule has 0 spiro atoms. The molecule has 0 unspecified atom stereocenters. The first-order valence-electron chi connectivity index (χ1n) is 10.8. The van der Waals surface area contributed by atoms with E-state index in [0.717, 1.165) is 35.0 Å². The molecule has 3 aromatic carbocycles. The third kappa shape index (κ3) is 6.13.